The molecule has 0 amide bonds. The topological polar surface area (TPSA) is 92.5 Å². The standard InChI is InChI=1S/C11H17N3O4S/c1-9-2-4-14(5-3-9)19(17,18)10-6-12-13(7-10)8-11(15)16/h6-7,9H,2-5,8H2,1H3,(H,15,16). The second kappa shape index (κ2) is 5.30. The number of carboxylic acids is 1. The van der Waals surface area contributed by atoms with Gasteiger partial charge in [0.1, 0.15) is 11.4 Å². The molecule has 2 heterocycles. The lowest BCUT2D eigenvalue weighted by Gasteiger charge is -2.28. The third-order valence-electron chi connectivity index (χ3n) is 3.29. The molecule has 0 radical (unpaired) electrons. The Morgan fingerprint density at radius 2 is 2.11 bits per heavy atom. The molecule has 0 saturated carbocycles. The van der Waals surface area contributed by atoms with Crippen molar-refractivity contribution in [2.24, 2.45) is 5.92 Å². The van der Waals surface area contributed by atoms with Crippen molar-refractivity contribution in [3.63, 3.8) is 0 Å². The number of piperidine rings is 1. The maximum atomic E-state index is 12.3. The molecule has 106 valence electrons. The van der Waals surface area contributed by atoms with E-state index < -0.39 is 16.0 Å². The van der Waals surface area contributed by atoms with Gasteiger partial charge in [-0.3, -0.25) is 9.48 Å². The van der Waals surface area contributed by atoms with Crippen LogP contribution in [0.1, 0.15) is 19.8 Å². The van der Waals surface area contributed by atoms with Gasteiger partial charge in [0.15, 0.2) is 0 Å². The predicted octanol–water partition coefficient (Wildman–Crippen LogP) is 0.388. The van der Waals surface area contributed by atoms with E-state index >= 15 is 0 Å². The summed E-state index contributed by atoms with van der Waals surface area (Å²) in [7, 11) is -3.54. The van der Waals surface area contributed by atoms with E-state index in [4.69, 9.17) is 5.11 Å². The molecule has 8 heteroatoms. The van der Waals surface area contributed by atoms with Gasteiger partial charge in [-0.1, -0.05) is 6.92 Å². The molecule has 7 nitrogen and oxygen atoms in total. The van der Waals surface area contributed by atoms with Gasteiger partial charge in [-0.05, 0) is 18.8 Å². The lowest BCUT2D eigenvalue weighted by atomic mass is 10.0. The van der Waals surface area contributed by atoms with Gasteiger partial charge in [0.05, 0.1) is 6.20 Å². The molecule has 1 N–H and O–H groups in total. The highest BCUT2D eigenvalue weighted by Crippen LogP contribution is 2.22. The molecule has 0 aliphatic carbocycles. The van der Waals surface area contributed by atoms with Crippen molar-refractivity contribution in [3.05, 3.63) is 12.4 Å². The van der Waals surface area contributed by atoms with Crippen LogP contribution in [0.3, 0.4) is 0 Å². The molecule has 2 rings (SSSR count). The molecule has 1 aromatic heterocycles. The number of aliphatic carboxylic acids is 1. The highest BCUT2D eigenvalue weighted by molar-refractivity contribution is 7.89. The molecular formula is C11H17N3O4S. The highest BCUT2D eigenvalue weighted by Gasteiger charge is 2.29. The van der Waals surface area contributed by atoms with Crippen molar-refractivity contribution >= 4 is 16.0 Å². The Kier molecular flexibility index (Phi) is 3.91. The lowest BCUT2D eigenvalue weighted by Crippen LogP contribution is -2.37. The van der Waals surface area contributed by atoms with Gasteiger partial charge in [0.25, 0.3) is 0 Å². The highest BCUT2D eigenvalue weighted by atomic mass is 32.2. The van der Waals surface area contributed by atoms with Crippen molar-refractivity contribution in [2.75, 3.05) is 13.1 Å². The molecule has 19 heavy (non-hydrogen) atoms. The monoisotopic (exact) mass is 287 g/mol. The molecule has 1 aliphatic rings. The molecule has 0 spiro atoms. The van der Waals surface area contributed by atoms with Crippen molar-refractivity contribution in [2.45, 2.75) is 31.2 Å². The minimum atomic E-state index is -3.54. The Labute approximate surface area is 111 Å². The fraction of sp³-hybridized carbons (Fsp3) is 0.636. The zero-order valence-corrected chi connectivity index (χ0v) is 11.5. The van der Waals surface area contributed by atoms with Crippen LogP contribution in [0.15, 0.2) is 17.3 Å². The minimum Gasteiger partial charge on any atom is -0.480 e. The second-order valence-electron chi connectivity index (χ2n) is 4.85. The minimum absolute atomic E-state index is 0.0586. The summed E-state index contributed by atoms with van der Waals surface area (Å²) in [5.74, 6) is -0.514. The molecule has 1 aromatic rings. The zero-order chi connectivity index (χ0) is 14.0. The first kappa shape index (κ1) is 14.0. The molecule has 0 aromatic carbocycles. The largest absolute Gasteiger partial charge is 0.480 e. The van der Waals surface area contributed by atoms with E-state index in [2.05, 4.69) is 12.0 Å². The molecule has 0 atom stereocenters. The predicted molar refractivity (Wildman–Crippen MR) is 67.0 cm³/mol. The van der Waals surface area contributed by atoms with Crippen LogP contribution in [0.2, 0.25) is 0 Å². The van der Waals surface area contributed by atoms with E-state index in [1.165, 1.54) is 16.7 Å². The number of nitrogens with zero attached hydrogens (tertiary/aromatic N) is 3. The van der Waals surface area contributed by atoms with Crippen LogP contribution >= 0.6 is 0 Å². The first-order valence-electron chi connectivity index (χ1n) is 6.14. The average Bonchev–Trinajstić information content (AvgIpc) is 2.78. The number of aromatic nitrogens is 2. The first-order valence-corrected chi connectivity index (χ1v) is 7.58. The van der Waals surface area contributed by atoms with Crippen molar-refractivity contribution < 1.29 is 18.3 Å². The molecule has 1 aliphatic heterocycles. The van der Waals surface area contributed by atoms with Crippen LogP contribution in [-0.2, 0) is 21.4 Å². The van der Waals surface area contributed by atoms with E-state index in [0.717, 1.165) is 17.5 Å². The van der Waals surface area contributed by atoms with Gasteiger partial charge in [0.2, 0.25) is 10.0 Å². The summed E-state index contributed by atoms with van der Waals surface area (Å²) in [4.78, 5) is 10.6. The van der Waals surface area contributed by atoms with E-state index in [0.29, 0.717) is 19.0 Å². The summed E-state index contributed by atoms with van der Waals surface area (Å²) in [6.45, 7) is 2.78. The van der Waals surface area contributed by atoms with E-state index in [9.17, 15) is 13.2 Å². The van der Waals surface area contributed by atoms with Crippen LogP contribution in [0.4, 0.5) is 0 Å². The summed E-state index contributed by atoms with van der Waals surface area (Å²) in [5, 5.41) is 12.4. The Balaban J connectivity index is 2.15. The maximum Gasteiger partial charge on any atom is 0.325 e. The quantitative estimate of drug-likeness (QED) is 0.864. The van der Waals surface area contributed by atoms with Crippen LogP contribution in [-0.4, -0.2) is 46.7 Å². The van der Waals surface area contributed by atoms with Gasteiger partial charge in [0, 0.05) is 19.3 Å². The summed E-state index contributed by atoms with van der Waals surface area (Å²) in [5.41, 5.74) is 0. The summed E-state index contributed by atoms with van der Waals surface area (Å²) in [6.07, 6.45) is 4.17. The number of carboxylic acid groups (broad SMARTS) is 1. The fourth-order valence-corrected chi connectivity index (χ4v) is 3.50. The zero-order valence-electron chi connectivity index (χ0n) is 10.7. The van der Waals surface area contributed by atoms with Gasteiger partial charge < -0.3 is 5.11 Å². The van der Waals surface area contributed by atoms with Gasteiger partial charge in [-0.25, -0.2) is 8.42 Å². The third kappa shape index (κ3) is 3.13. The normalized spacial score (nSPS) is 18.6. The van der Waals surface area contributed by atoms with Crippen molar-refractivity contribution in [3.8, 4) is 0 Å². The SMILES string of the molecule is CC1CCN(S(=O)(=O)c2cnn(CC(=O)O)c2)CC1. The fourth-order valence-electron chi connectivity index (χ4n) is 2.08. The maximum absolute atomic E-state index is 12.3. The van der Waals surface area contributed by atoms with Crippen LogP contribution in [0.25, 0.3) is 0 Å². The van der Waals surface area contributed by atoms with E-state index in [-0.39, 0.29) is 11.4 Å². The number of hydrogen-bond acceptors (Lipinski definition) is 4. The number of hydrogen-bond donors (Lipinski definition) is 1. The number of rotatable bonds is 4. The lowest BCUT2D eigenvalue weighted by molar-refractivity contribution is -0.137. The molecule has 0 unspecified atom stereocenters. The number of carbonyl (C=O) groups is 1. The number of sulfonamides is 1. The molecule has 1 fully saturated rings. The summed E-state index contributed by atoms with van der Waals surface area (Å²) in [6, 6.07) is 0. The molecule has 0 bridgehead atoms. The van der Waals surface area contributed by atoms with Gasteiger partial charge >= 0.3 is 5.97 Å². The van der Waals surface area contributed by atoms with E-state index in [1.54, 1.807) is 0 Å². The van der Waals surface area contributed by atoms with E-state index in [1.807, 2.05) is 0 Å². The Bertz CT molecular complexity index is 558. The Morgan fingerprint density at radius 3 is 2.68 bits per heavy atom. The second-order valence-corrected chi connectivity index (χ2v) is 6.79. The summed E-state index contributed by atoms with van der Waals surface area (Å²) >= 11 is 0. The van der Waals surface area contributed by atoms with Crippen LogP contribution in [0.5, 0.6) is 0 Å². The first-order chi connectivity index (χ1) is 8.89. The molecular weight excluding hydrogens is 270 g/mol. The van der Waals surface area contributed by atoms with Gasteiger partial charge in [-0.15, -0.1) is 0 Å². The van der Waals surface area contributed by atoms with Crippen LogP contribution < -0.4 is 0 Å². The van der Waals surface area contributed by atoms with Crippen LogP contribution in [0, 0.1) is 5.92 Å². The Hall–Kier alpha value is -1.41. The van der Waals surface area contributed by atoms with Gasteiger partial charge in [-0.2, -0.15) is 9.40 Å². The smallest absolute Gasteiger partial charge is 0.325 e. The average molecular weight is 287 g/mol. The van der Waals surface area contributed by atoms with Crippen molar-refractivity contribution in [1.29, 1.82) is 0 Å². The summed E-state index contributed by atoms with van der Waals surface area (Å²) < 4.78 is 27.2. The third-order valence-corrected chi connectivity index (χ3v) is 5.14. The Morgan fingerprint density at radius 1 is 1.47 bits per heavy atom. The molecule has 1 saturated heterocycles. The van der Waals surface area contributed by atoms with Crippen molar-refractivity contribution in [1.82, 2.24) is 14.1 Å².